The van der Waals surface area contributed by atoms with Gasteiger partial charge in [-0.25, -0.2) is 0 Å². The lowest BCUT2D eigenvalue weighted by Crippen LogP contribution is -2.20. The smallest absolute Gasteiger partial charge is 0.309 e. The van der Waals surface area contributed by atoms with E-state index in [1.807, 2.05) is 0 Å². The first-order valence-corrected chi connectivity index (χ1v) is 6.80. The Labute approximate surface area is 98.7 Å². The summed E-state index contributed by atoms with van der Waals surface area (Å²) in [5.41, 5.74) is -4.27. The summed E-state index contributed by atoms with van der Waals surface area (Å²) in [4.78, 5) is 0. The molecule has 0 unspecified atom stereocenters. The molecule has 0 aromatic heterocycles. The van der Waals surface area contributed by atoms with Gasteiger partial charge in [-0.3, -0.25) is 9.13 Å². The highest BCUT2D eigenvalue weighted by atomic mass is 31.2. The Morgan fingerprint density at radius 3 is 2.24 bits per heavy atom. The monoisotopic (exact) mass is 282 g/mol. The van der Waals surface area contributed by atoms with Crippen LogP contribution < -0.4 is 5.30 Å². The summed E-state index contributed by atoms with van der Waals surface area (Å²) in [5, 5.41) is -0.293. The standard InChI is InChI=1S/C9H10F2O4P2/c1-14-17(13,15-2)8-6-4-3-5-7(8)9(10,11)16-12/h3-6H,1-2H3. The van der Waals surface area contributed by atoms with Gasteiger partial charge in [-0.2, -0.15) is 8.78 Å². The molecule has 0 saturated heterocycles. The number of rotatable bonds is 5. The van der Waals surface area contributed by atoms with Crippen LogP contribution in [0.15, 0.2) is 24.3 Å². The SMILES string of the molecule is COP(=O)(OC)c1ccccc1C(F)(F)P=O. The van der Waals surface area contributed by atoms with Crippen LogP contribution in [0, 0.1) is 0 Å². The first kappa shape index (κ1) is 14.4. The van der Waals surface area contributed by atoms with Crippen LogP contribution >= 0.6 is 16.1 Å². The minimum atomic E-state index is -3.80. The van der Waals surface area contributed by atoms with Gasteiger partial charge < -0.3 is 9.05 Å². The Bertz CT molecular complexity index is 456. The van der Waals surface area contributed by atoms with Gasteiger partial charge in [-0.05, 0) is 6.07 Å². The summed E-state index contributed by atoms with van der Waals surface area (Å²) < 4.78 is 58.6. The quantitative estimate of drug-likeness (QED) is 0.778. The molecule has 0 aliphatic heterocycles. The molecule has 0 bridgehead atoms. The summed E-state index contributed by atoms with van der Waals surface area (Å²) in [7, 11) is -3.00. The van der Waals surface area contributed by atoms with E-state index in [0.717, 1.165) is 20.3 Å². The third-order valence-corrected chi connectivity index (χ3v) is 4.53. The van der Waals surface area contributed by atoms with E-state index in [1.54, 1.807) is 0 Å². The summed E-state index contributed by atoms with van der Waals surface area (Å²) >= 11 is 0. The Balaban J connectivity index is 3.46. The highest BCUT2D eigenvalue weighted by molar-refractivity contribution is 7.62. The van der Waals surface area contributed by atoms with E-state index in [-0.39, 0.29) is 5.30 Å². The fourth-order valence-corrected chi connectivity index (χ4v) is 2.99. The second kappa shape index (κ2) is 5.32. The number of halogens is 2. The van der Waals surface area contributed by atoms with Gasteiger partial charge in [0.25, 0.3) is 0 Å². The van der Waals surface area contributed by atoms with E-state index in [0.29, 0.717) is 0 Å². The van der Waals surface area contributed by atoms with Crippen LogP contribution in [0.1, 0.15) is 5.56 Å². The van der Waals surface area contributed by atoms with Gasteiger partial charge in [-0.15, -0.1) is 0 Å². The van der Waals surface area contributed by atoms with Crippen LogP contribution in [0.25, 0.3) is 0 Å². The van der Waals surface area contributed by atoms with Crippen molar-refractivity contribution >= 4 is 21.4 Å². The van der Waals surface area contributed by atoms with Crippen molar-refractivity contribution in [1.82, 2.24) is 0 Å². The van der Waals surface area contributed by atoms with Crippen LogP contribution in [-0.4, -0.2) is 14.2 Å². The molecule has 94 valence electrons. The van der Waals surface area contributed by atoms with E-state index in [4.69, 9.17) is 0 Å². The lowest BCUT2D eigenvalue weighted by atomic mass is 10.2. The van der Waals surface area contributed by atoms with E-state index in [1.165, 1.54) is 18.2 Å². The first-order valence-electron chi connectivity index (χ1n) is 4.45. The number of hydrogen-bond acceptors (Lipinski definition) is 4. The zero-order chi connectivity index (χ0) is 13.1. The largest absolute Gasteiger partial charge is 0.361 e. The number of hydrogen-bond donors (Lipinski definition) is 0. The minimum Gasteiger partial charge on any atom is -0.309 e. The lowest BCUT2D eigenvalue weighted by molar-refractivity contribution is 0.0977. The second-order valence-corrected chi connectivity index (χ2v) is 5.96. The average molecular weight is 282 g/mol. The molecular weight excluding hydrogens is 272 g/mol. The van der Waals surface area contributed by atoms with Crippen molar-refractivity contribution in [2.75, 3.05) is 14.2 Å². The Morgan fingerprint density at radius 2 is 1.76 bits per heavy atom. The zero-order valence-electron chi connectivity index (χ0n) is 9.09. The highest BCUT2D eigenvalue weighted by Gasteiger charge is 2.40. The molecule has 0 heterocycles. The molecule has 1 rings (SSSR count). The fourth-order valence-electron chi connectivity index (χ4n) is 1.29. The van der Waals surface area contributed by atoms with E-state index >= 15 is 0 Å². The Hall–Kier alpha value is -0.670. The second-order valence-electron chi connectivity index (χ2n) is 3.01. The fraction of sp³-hybridized carbons (Fsp3) is 0.333. The maximum absolute atomic E-state index is 13.4. The van der Waals surface area contributed by atoms with Gasteiger partial charge in [0.15, 0.2) is 0 Å². The summed E-state index contributed by atoms with van der Waals surface area (Å²) in [6.07, 6.45) is 0. The molecule has 8 heteroatoms. The van der Waals surface area contributed by atoms with Gasteiger partial charge in [0.05, 0.1) is 5.30 Å². The first-order chi connectivity index (χ1) is 7.91. The van der Waals surface area contributed by atoms with Crippen molar-refractivity contribution in [2.24, 2.45) is 0 Å². The van der Waals surface area contributed by atoms with Crippen molar-refractivity contribution in [3.63, 3.8) is 0 Å². The van der Waals surface area contributed by atoms with Crippen LogP contribution in [0.3, 0.4) is 0 Å². The molecule has 0 radical (unpaired) electrons. The van der Waals surface area contributed by atoms with Crippen molar-refractivity contribution in [1.29, 1.82) is 0 Å². The van der Waals surface area contributed by atoms with Crippen LogP contribution in [0.5, 0.6) is 0 Å². The molecule has 0 aliphatic carbocycles. The van der Waals surface area contributed by atoms with E-state index in [9.17, 15) is 17.9 Å². The van der Waals surface area contributed by atoms with Gasteiger partial charge in [0.1, 0.15) is 0 Å². The zero-order valence-corrected chi connectivity index (χ0v) is 10.9. The molecule has 1 aromatic rings. The maximum atomic E-state index is 13.4. The minimum absolute atomic E-state index is 0.293. The van der Waals surface area contributed by atoms with Crippen LogP contribution in [0.2, 0.25) is 0 Å². The lowest BCUT2D eigenvalue weighted by Gasteiger charge is -2.19. The van der Waals surface area contributed by atoms with E-state index < -0.39 is 27.3 Å². The highest BCUT2D eigenvalue weighted by Crippen LogP contribution is 2.49. The predicted octanol–water partition coefficient (Wildman–Crippen LogP) is 3.14. The summed E-state index contributed by atoms with van der Waals surface area (Å²) in [5.74, 6) is 0. The van der Waals surface area contributed by atoms with Crippen molar-refractivity contribution in [3.8, 4) is 0 Å². The summed E-state index contributed by atoms with van der Waals surface area (Å²) in [6.45, 7) is 0. The molecule has 0 aliphatic rings. The van der Waals surface area contributed by atoms with Gasteiger partial charge in [0.2, 0.25) is 8.46 Å². The molecular formula is C9H10F2O4P2. The molecule has 17 heavy (non-hydrogen) atoms. The number of alkyl halides is 2. The average Bonchev–Trinajstić information content (AvgIpc) is 2.38. The molecule has 0 saturated carbocycles. The van der Waals surface area contributed by atoms with Crippen molar-refractivity contribution < 1.29 is 27.0 Å². The predicted molar refractivity (Wildman–Crippen MR) is 59.2 cm³/mol. The van der Waals surface area contributed by atoms with Gasteiger partial charge >= 0.3 is 13.3 Å². The molecule has 0 amide bonds. The normalized spacial score (nSPS) is 12.9. The molecule has 0 atom stereocenters. The summed E-state index contributed by atoms with van der Waals surface area (Å²) in [6, 6.07) is 4.97. The number of benzene rings is 1. The maximum Gasteiger partial charge on any atom is 0.361 e. The molecule has 0 spiro atoms. The van der Waals surface area contributed by atoms with Crippen LogP contribution in [-0.2, 0) is 23.8 Å². The van der Waals surface area contributed by atoms with Crippen molar-refractivity contribution in [3.05, 3.63) is 29.8 Å². The van der Waals surface area contributed by atoms with Crippen molar-refractivity contribution in [2.45, 2.75) is 5.66 Å². The third kappa shape index (κ3) is 2.78. The van der Waals surface area contributed by atoms with Crippen LogP contribution in [0.4, 0.5) is 8.78 Å². The Morgan fingerprint density at radius 1 is 1.24 bits per heavy atom. The van der Waals surface area contributed by atoms with E-state index in [2.05, 4.69) is 9.05 Å². The van der Waals surface area contributed by atoms with Gasteiger partial charge in [-0.1, -0.05) is 18.2 Å². The molecule has 0 N–H and O–H groups in total. The Kier molecular flexibility index (Phi) is 4.50. The molecule has 4 nitrogen and oxygen atoms in total. The molecule has 0 fully saturated rings. The third-order valence-electron chi connectivity index (χ3n) is 2.12. The molecule has 1 aromatic carbocycles. The topological polar surface area (TPSA) is 52.6 Å². The van der Waals surface area contributed by atoms with Gasteiger partial charge in [0, 0.05) is 19.8 Å².